The van der Waals surface area contributed by atoms with E-state index < -0.39 is 6.04 Å². The molecule has 0 aliphatic carbocycles. The molecule has 4 rings (SSSR count). The summed E-state index contributed by atoms with van der Waals surface area (Å²) < 4.78 is 5.19. The second-order valence-corrected chi connectivity index (χ2v) is 8.45. The number of para-hydroxylation sites is 1. The van der Waals surface area contributed by atoms with Gasteiger partial charge in [-0.3, -0.25) is 9.59 Å². The number of hydrogen-bond acceptors (Lipinski definition) is 5. The maximum absolute atomic E-state index is 13.1. The Labute approximate surface area is 199 Å². The molecule has 2 aromatic rings. The number of piperazine rings is 2. The van der Waals surface area contributed by atoms with Gasteiger partial charge in [0.15, 0.2) is 5.11 Å². The molecule has 2 aliphatic rings. The van der Waals surface area contributed by atoms with Crippen LogP contribution in [-0.4, -0.2) is 79.1 Å². The van der Waals surface area contributed by atoms with Crippen LogP contribution in [0.25, 0.3) is 0 Å². The second kappa shape index (κ2) is 10.5. The third-order valence-electron chi connectivity index (χ3n) is 6.05. The second-order valence-electron chi connectivity index (χ2n) is 8.07. The predicted molar refractivity (Wildman–Crippen MR) is 133 cm³/mol. The Kier molecular flexibility index (Phi) is 7.29. The number of ether oxygens (including phenoxy) is 1. The van der Waals surface area contributed by atoms with E-state index in [1.165, 1.54) is 0 Å². The first-order valence-corrected chi connectivity index (χ1v) is 11.5. The molecule has 2 heterocycles. The number of carbonyl (C=O) groups is 2. The average molecular weight is 468 g/mol. The molecule has 2 aromatic carbocycles. The lowest BCUT2D eigenvalue weighted by Gasteiger charge is -2.39. The number of nitrogens with one attached hydrogen (secondary N) is 2. The van der Waals surface area contributed by atoms with Crippen LogP contribution in [0.3, 0.4) is 0 Å². The number of rotatable bonds is 5. The highest BCUT2D eigenvalue weighted by Gasteiger charge is 2.35. The van der Waals surface area contributed by atoms with Crippen molar-refractivity contribution in [3.63, 3.8) is 0 Å². The van der Waals surface area contributed by atoms with Gasteiger partial charge in [0.25, 0.3) is 0 Å². The van der Waals surface area contributed by atoms with E-state index >= 15 is 0 Å². The van der Waals surface area contributed by atoms with Crippen molar-refractivity contribution in [2.45, 2.75) is 12.5 Å². The average Bonchev–Trinajstić information content (AvgIpc) is 2.86. The van der Waals surface area contributed by atoms with Crippen LogP contribution in [0.15, 0.2) is 54.6 Å². The summed E-state index contributed by atoms with van der Waals surface area (Å²) in [5.41, 5.74) is 1.96. The topological polar surface area (TPSA) is 77.1 Å². The minimum atomic E-state index is -0.628. The maximum Gasteiger partial charge on any atom is 0.243 e. The smallest absolute Gasteiger partial charge is 0.243 e. The van der Waals surface area contributed by atoms with E-state index in [1.54, 1.807) is 7.11 Å². The van der Waals surface area contributed by atoms with Crippen molar-refractivity contribution >= 4 is 40.5 Å². The van der Waals surface area contributed by atoms with E-state index in [-0.39, 0.29) is 18.2 Å². The number of thiocarbonyl (C=S) groups is 1. The van der Waals surface area contributed by atoms with Crippen LogP contribution in [0.1, 0.15) is 6.42 Å². The zero-order chi connectivity index (χ0) is 23.2. The highest BCUT2D eigenvalue weighted by molar-refractivity contribution is 7.80. The van der Waals surface area contributed by atoms with E-state index in [0.29, 0.717) is 31.3 Å². The number of anilines is 2. The van der Waals surface area contributed by atoms with Crippen LogP contribution < -0.4 is 20.3 Å². The summed E-state index contributed by atoms with van der Waals surface area (Å²) in [7, 11) is 1.61. The van der Waals surface area contributed by atoms with Gasteiger partial charge in [-0.05, 0) is 48.6 Å². The van der Waals surface area contributed by atoms with E-state index in [1.807, 2.05) is 52.3 Å². The molecule has 2 fully saturated rings. The van der Waals surface area contributed by atoms with Crippen LogP contribution >= 0.6 is 12.2 Å². The Morgan fingerprint density at radius 3 is 2.42 bits per heavy atom. The predicted octanol–water partition coefficient (Wildman–Crippen LogP) is 1.93. The molecule has 0 radical (unpaired) electrons. The van der Waals surface area contributed by atoms with Crippen LogP contribution in [0, 0.1) is 0 Å². The van der Waals surface area contributed by atoms with Crippen molar-refractivity contribution in [3.8, 4) is 5.75 Å². The van der Waals surface area contributed by atoms with Gasteiger partial charge >= 0.3 is 0 Å². The Hall–Kier alpha value is -3.33. The molecule has 0 spiro atoms. The molecule has 1 atom stereocenters. The molecule has 33 heavy (non-hydrogen) atoms. The SMILES string of the molecule is COc1ccc(NC(=S)N2CCNC(=O)C2CC(=O)N2CCN(c3ccccc3)CC2)cc1. The lowest BCUT2D eigenvalue weighted by Crippen LogP contribution is -2.60. The molecule has 2 aliphatic heterocycles. The lowest BCUT2D eigenvalue weighted by atomic mass is 10.1. The number of amides is 2. The molecule has 2 saturated heterocycles. The van der Waals surface area contributed by atoms with E-state index in [4.69, 9.17) is 17.0 Å². The first kappa shape index (κ1) is 22.8. The first-order valence-electron chi connectivity index (χ1n) is 11.1. The number of carbonyl (C=O) groups excluding carboxylic acids is 2. The van der Waals surface area contributed by atoms with Gasteiger partial charge in [0.1, 0.15) is 11.8 Å². The van der Waals surface area contributed by atoms with Gasteiger partial charge in [0.05, 0.1) is 13.5 Å². The Balaban J connectivity index is 1.36. The van der Waals surface area contributed by atoms with Crippen molar-refractivity contribution in [1.29, 1.82) is 0 Å². The Morgan fingerprint density at radius 1 is 1.06 bits per heavy atom. The van der Waals surface area contributed by atoms with Gasteiger partial charge < -0.3 is 30.1 Å². The standard InChI is InChI=1S/C24H29N5O3S/c1-32-20-9-7-18(8-10-20)26-24(33)29-12-11-25-23(31)21(29)17-22(30)28-15-13-27(14-16-28)19-5-3-2-4-6-19/h2-10,21H,11-17H2,1H3,(H,25,31)(H,26,33). The molecular weight excluding hydrogens is 438 g/mol. The van der Waals surface area contributed by atoms with Crippen LogP contribution in [0.5, 0.6) is 5.75 Å². The fourth-order valence-corrected chi connectivity index (χ4v) is 4.51. The summed E-state index contributed by atoms with van der Waals surface area (Å²) in [4.78, 5) is 31.7. The molecule has 0 bridgehead atoms. The summed E-state index contributed by atoms with van der Waals surface area (Å²) in [6, 6.07) is 17.0. The fourth-order valence-electron chi connectivity index (χ4n) is 4.18. The van der Waals surface area contributed by atoms with Gasteiger partial charge in [-0.2, -0.15) is 0 Å². The molecular formula is C24H29N5O3S. The van der Waals surface area contributed by atoms with Gasteiger partial charge in [-0.1, -0.05) is 18.2 Å². The summed E-state index contributed by atoms with van der Waals surface area (Å²) in [5.74, 6) is 0.554. The van der Waals surface area contributed by atoms with Crippen molar-refractivity contribution in [3.05, 3.63) is 54.6 Å². The molecule has 0 saturated carbocycles. The Bertz CT molecular complexity index is 977. The van der Waals surface area contributed by atoms with Gasteiger partial charge in [-0.25, -0.2) is 0 Å². The summed E-state index contributed by atoms with van der Waals surface area (Å²) in [6.45, 7) is 3.85. The quantitative estimate of drug-likeness (QED) is 0.651. The number of nitrogens with zero attached hydrogens (tertiary/aromatic N) is 3. The fraction of sp³-hybridized carbons (Fsp3) is 0.375. The number of hydrogen-bond donors (Lipinski definition) is 2. The molecule has 9 heteroatoms. The van der Waals surface area contributed by atoms with E-state index in [9.17, 15) is 9.59 Å². The van der Waals surface area contributed by atoms with E-state index in [2.05, 4.69) is 27.7 Å². The minimum absolute atomic E-state index is 0.0259. The van der Waals surface area contributed by atoms with Crippen molar-refractivity contribution < 1.29 is 14.3 Å². The maximum atomic E-state index is 13.1. The highest BCUT2D eigenvalue weighted by Crippen LogP contribution is 2.19. The molecule has 8 nitrogen and oxygen atoms in total. The summed E-state index contributed by atoms with van der Waals surface area (Å²) in [5, 5.41) is 6.48. The molecule has 2 N–H and O–H groups in total. The first-order chi connectivity index (χ1) is 16.0. The zero-order valence-corrected chi connectivity index (χ0v) is 19.5. The zero-order valence-electron chi connectivity index (χ0n) is 18.7. The normalized spacial score (nSPS) is 18.5. The Morgan fingerprint density at radius 2 is 1.76 bits per heavy atom. The van der Waals surface area contributed by atoms with Crippen molar-refractivity contribution in [2.75, 3.05) is 56.6 Å². The molecule has 2 amide bonds. The minimum Gasteiger partial charge on any atom is -0.497 e. The van der Waals surface area contributed by atoms with Crippen molar-refractivity contribution in [1.82, 2.24) is 15.1 Å². The van der Waals surface area contributed by atoms with E-state index in [0.717, 1.165) is 30.2 Å². The van der Waals surface area contributed by atoms with Gasteiger partial charge in [-0.15, -0.1) is 0 Å². The number of methoxy groups -OCH3 is 1. The molecule has 1 unspecified atom stereocenters. The highest BCUT2D eigenvalue weighted by atomic mass is 32.1. The lowest BCUT2D eigenvalue weighted by molar-refractivity contribution is -0.137. The summed E-state index contributed by atoms with van der Waals surface area (Å²) in [6.07, 6.45) is 0.0988. The van der Waals surface area contributed by atoms with Gasteiger partial charge in [0.2, 0.25) is 11.8 Å². The molecule has 0 aromatic heterocycles. The summed E-state index contributed by atoms with van der Waals surface area (Å²) >= 11 is 5.60. The monoisotopic (exact) mass is 467 g/mol. The van der Waals surface area contributed by atoms with Crippen molar-refractivity contribution in [2.24, 2.45) is 0 Å². The van der Waals surface area contributed by atoms with Crippen LogP contribution in [0.4, 0.5) is 11.4 Å². The molecule has 174 valence electrons. The van der Waals surface area contributed by atoms with Crippen LogP contribution in [0.2, 0.25) is 0 Å². The third kappa shape index (κ3) is 5.54. The van der Waals surface area contributed by atoms with Gasteiger partial charge in [0, 0.05) is 50.6 Å². The van der Waals surface area contributed by atoms with Crippen LogP contribution in [-0.2, 0) is 9.59 Å². The number of benzene rings is 2. The third-order valence-corrected chi connectivity index (χ3v) is 6.39. The largest absolute Gasteiger partial charge is 0.497 e.